The summed E-state index contributed by atoms with van der Waals surface area (Å²) < 4.78 is 5.22. The fourth-order valence-electron chi connectivity index (χ4n) is 3.26. The fourth-order valence-corrected chi connectivity index (χ4v) is 3.26. The average molecular weight is 489 g/mol. The molecule has 2 atom stereocenters. The zero-order chi connectivity index (χ0) is 18.9. The van der Waals surface area contributed by atoms with Gasteiger partial charge in [-0.3, -0.25) is 9.89 Å². The van der Waals surface area contributed by atoms with Gasteiger partial charge >= 0.3 is 0 Å². The number of halogens is 1. The van der Waals surface area contributed by atoms with E-state index in [0.29, 0.717) is 12.0 Å². The van der Waals surface area contributed by atoms with Gasteiger partial charge in [-0.1, -0.05) is 19.1 Å². The van der Waals surface area contributed by atoms with Crippen molar-refractivity contribution in [3.63, 3.8) is 0 Å². The van der Waals surface area contributed by atoms with Gasteiger partial charge in [-0.05, 0) is 44.1 Å². The Morgan fingerprint density at radius 1 is 1.22 bits per heavy atom. The van der Waals surface area contributed by atoms with E-state index >= 15 is 0 Å². The topological polar surface area (TPSA) is 52.1 Å². The Morgan fingerprint density at radius 2 is 1.93 bits per heavy atom. The zero-order valence-electron chi connectivity index (χ0n) is 17.4. The van der Waals surface area contributed by atoms with E-state index in [2.05, 4.69) is 58.6 Å². The first-order valence-corrected chi connectivity index (χ1v) is 9.50. The molecular weight excluding hydrogens is 453 g/mol. The normalized spacial score (nSPS) is 19.9. The second-order valence-electron chi connectivity index (χ2n) is 7.24. The lowest BCUT2D eigenvalue weighted by molar-refractivity contribution is 0.116. The van der Waals surface area contributed by atoms with Crippen molar-refractivity contribution >= 4 is 29.9 Å². The van der Waals surface area contributed by atoms with Crippen molar-refractivity contribution in [3.05, 3.63) is 29.8 Å². The Bertz CT molecular complexity index is 566. The van der Waals surface area contributed by atoms with Gasteiger partial charge < -0.3 is 20.3 Å². The van der Waals surface area contributed by atoms with E-state index in [0.717, 1.165) is 50.9 Å². The SMILES string of the molecule is CN=C(NCCC(C)c1ccc(OC)cc1)NCC1CN(C)CCN1C.I. The van der Waals surface area contributed by atoms with Crippen LogP contribution in [0.4, 0.5) is 0 Å². The highest BCUT2D eigenvalue weighted by molar-refractivity contribution is 14.0. The number of hydrogen-bond acceptors (Lipinski definition) is 4. The molecule has 2 N–H and O–H groups in total. The number of aliphatic imine (C=N–C) groups is 1. The molecule has 0 amide bonds. The molecule has 1 aliphatic heterocycles. The molecular formula is C20H36IN5O. The predicted octanol–water partition coefficient (Wildman–Crippen LogP) is 2.22. The highest BCUT2D eigenvalue weighted by atomic mass is 127. The summed E-state index contributed by atoms with van der Waals surface area (Å²) in [6.07, 6.45) is 1.05. The van der Waals surface area contributed by atoms with E-state index in [1.165, 1.54) is 5.56 Å². The van der Waals surface area contributed by atoms with E-state index in [1.54, 1.807) is 7.11 Å². The lowest BCUT2D eigenvalue weighted by Crippen LogP contribution is -2.55. The Kier molecular flexibility index (Phi) is 11.0. The van der Waals surface area contributed by atoms with Gasteiger partial charge in [-0.25, -0.2) is 0 Å². The van der Waals surface area contributed by atoms with Crippen LogP contribution in [0.5, 0.6) is 5.75 Å². The Morgan fingerprint density at radius 3 is 2.56 bits per heavy atom. The molecule has 1 saturated heterocycles. The summed E-state index contributed by atoms with van der Waals surface area (Å²) in [5.74, 6) is 2.28. The molecule has 27 heavy (non-hydrogen) atoms. The Labute approximate surface area is 181 Å². The van der Waals surface area contributed by atoms with Gasteiger partial charge in [0.2, 0.25) is 0 Å². The minimum atomic E-state index is 0. The lowest BCUT2D eigenvalue weighted by atomic mass is 9.98. The number of piperazine rings is 1. The molecule has 1 heterocycles. The zero-order valence-corrected chi connectivity index (χ0v) is 19.7. The summed E-state index contributed by atoms with van der Waals surface area (Å²) in [5.41, 5.74) is 1.34. The number of nitrogens with one attached hydrogen (secondary N) is 2. The average Bonchev–Trinajstić information content (AvgIpc) is 2.66. The van der Waals surface area contributed by atoms with Crippen LogP contribution in [0, 0.1) is 0 Å². The van der Waals surface area contributed by atoms with E-state index in [1.807, 2.05) is 19.2 Å². The molecule has 0 saturated carbocycles. The maximum absolute atomic E-state index is 5.22. The van der Waals surface area contributed by atoms with Crippen LogP contribution in [0.25, 0.3) is 0 Å². The highest BCUT2D eigenvalue weighted by Crippen LogP contribution is 2.21. The molecule has 154 valence electrons. The maximum atomic E-state index is 5.22. The predicted molar refractivity (Wildman–Crippen MR) is 125 cm³/mol. The van der Waals surface area contributed by atoms with E-state index in [-0.39, 0.29) is 24.0 Å². The summed E-state index contributed by atoms with van der Waals surface area (Å²) >= 11 is 0. The van der Waals surface area contributed by atoms with Gasteiger partial charge in [0.1, 0.15) is 5.75 Å². The quantitative estimate of drug-likeness (QED) is 0.350. The molecule has 0 spiro atoms. The smallest absolute Gasteiger partial charge is 0.191 e. The molecule has 0 bridgehead atoms. The van der Waals surface area contributed by atoms with Crippen molar-refractivity contribution in [3.8, 4) is 5.75 Å². The molecule has 2 unspecified atom stereocenters. The van der Waals surface area contributed by atoms with Gasteiger partial charge in [-0.2, -0.15) is 0 Å². The van der Waals surface area contributed by atoms with Crippen LogP contribution >= 0.6 is 24.0 Å². The monoisotopic (exact) mass is 489 g/mol. The number of methoxy groups -OCH3 is 1. The third-order valence-corrected chi connectivity index (χ3v) is 5.26. The van der Waals surface area contributed by atoms with Gasteiger partial charge in [-0.15, -0.1) is 24.0 Å². The van der Waals surface area contributed by atoms with Crippen LogP contribution < -0.4 is 15.4 Å². The number of benzene rings is 1. The molecule has 2 rings (SSSR count). The van der Waals surface area contributed by atoms with Gasteiger partial charge in [0.25, 0.3) is 0 Å². The Hall–Kier alpha value is -1.06. The molecule has 7 heteroatoms. The first kappa shape index (κ1) is 24.0. The second kappa shape index (κ2) is 12.4. The van der Waals surface area contributed by atoms with E-state index < -0.39 is 0 Å². The van der Waals surface area contributed by atoms with Crippen LogP contribution in [0.3, 0.4) is 0 Å². The van der Waals surface area contributed by atoms with Crippen LogP contribution in [-0.2, 0) is 0 Å². The standard InChI is InChI=1S/C20H35N5O.HI/c1-16(17-6-8-19(26-5)9-7-17)10-11-22-20(21-2)23-14-18-15-24(3)12-13-25(18)4;/h6-9,16,18H,10-15H2,1-5H3,(H2,21,22,23);1H. The van der Waals surface area contributed by atoms with E-state index in [9.17, 15) is 0 Å². The van der Waals surface area contributed by atoms with Gasteiger partial charge in [0, 0.05) is 45.8 Å². The first-order valence-electron chi connectivity index (χ1n) is 9.50. The van der Waals surface area contributed by atoms with Crippen molar-refractivity contribution in [2.24, 2.45) is 4.99 Å². The number of ether oxygens (including phenoxy) is 1. The first-order chi connectivity index (χ1) is 12.5. The van der Waals surface area contributed by atoms with Crippen molar-refractivity contribution in [1.82, 2.24) is 20.4 Å². The van der Waals surface area contributed by atoms with E-state index in [4.69, 9.17) is 4.74 Å². The molecule has 0 aliphatic carbocycles. The number of hydrogen-bond donors (Lipinski definition) is 2. The third-order valence-electron chi connectivity index (χ3n) is 5.26. The van der Waals surface area contributed by atoms with Crippen molar-refractivity contribution in [2.75, 3.05) is 61.0 Å². The maximum Gasteiger partial charge on any atom is 0.191 e. The minimum Gasteiger partial charge on any atom is -0.497 e. The molecule has 6 nitrogen and oxygen atoms in total. The van der Waals surface area contributed by atoms with Crippen LogP contribution in [0.1, 0.15) is 24.8 Å². The number of nitrogens with zero attached hydrogens (tertiary/aromatic N) is 3. The minimum absolute atomic E-state index is 0. The lowest BCUT2D eigenvalue weighted by Gasteiger charge is -2.37. The summed E-state index contributed by atoms with van der Waals surface area (Å²) in [4.78, 5) is 9.17. The number of likely N-dealkylation sites (N-methyl/N-ethyl adjacent to an activating group) is 2. The summed E-state index contributed by atoms with van der Waals surface area (Å²) in [6.45, 7) is 7.42. The van der Waals surface area contributed by atoms with Gasteiger partial charge in [0.15, 0.2) is 5.96 Å². The largest absolute Gasteiger partial charge is 0.497 e. The summed E-state index contributed by atoms with van der Waals surface area (Å²) in [6, 6.07) is 8.86. The fraction of sp³-hybridized carbons (Fsp3) is 0.650. The molecule has 1 aromatic carbocycles. The van der Waals surface area contributed by atoms with Crippen LogP contribution in [-0.4, -0.2) is 82.8 Å². The molecule has 1 aromatic rings. The van der Waals surface area contributed by atoms with Crippen molar-refractivity contribution in [1.29, 1.82) is 0 Å². The third kappa shape index (κ3) is 7.83. The van der Waals surface area contributed by atoms with Crippen LogP contribution in [0.2, 0.25) is 0 Å². The highest BCUT2D eigenvalue weighted by Gasteiger charge is 2.22. The van der Waals surface area contributed by atoms with Crippen LogP contribution in [0.15, 0.2) is 29.3 Å². The van der Waals surface area contributed by atoms with Crippen molar-refractivity contribution < 1.29 is 4.74 Å². The number of rotatable bonds is 7. The van der Waals surface area contributed by atoms with Crippen molar-refractivity contribution in [2.45, 2.75) is 25.3 Å². The second-order valence-corrected chi connectivity index (χ2v) is 7.24. The molecule has 1 fully saturated rings. The number of guanidine groups is 1. The summed E-state index contributed by atoms with van der Waals surface area (Å²) in [5, 5.41) is 6.91. The molecule has 0 aromatic heterocycles. The molecule has 1 aliphatic rings. The summed E-state index contributed by atoms with van der Waals surface area (Å²) in [7, 11) is 7.92. The Balaban J connectivity index is 0.00000364. The van der Waals surface area contributed by atoms with Gasteiger partial charge in [0.05, 0.1) is 7.11 Å². The molecule has 0 radical (unpaired) electrons.